The summed E-state index contributed by atoms with van der Waals surface area (Å²) in [6.45, 7) is 8.24. The smallest absolute Gasteiger partial charge is 0.407 e. The Balaban J connectivity index is 1.40. The SMILES string of the molecule is CC(C)(C)OC(=O)N[C@H]1CCCN(c2c(C#N)c3ncn(Cc4ccc5c(c4)OCCO5)c(=O)c3n2Cc2ccccc2)C1. The van der Waals surface area contributed by atoms with E-state index in [1.165, 1.54) is 6.33 Å². The molecule has 2 aliphatic rings. The average Bonchev–Trinajstić information content (AvgIpc) is 3.31. The molecule has 11 heteroatoms. The number of alkyl carbamates (subject to hydrolysis) is 1. The van der Waals surface area contributed by atoms with Crippen molar-refractivity contribution in [3.8, 4) is 17.6 Å². The highest BCUT2D eigenvalue weighted by molar-refractivity contribution is 5.89. The normalized spacial score (nSPS) is 16.4. The van der Waals surface area contributed by atoms with Crippen molar-refractivity contribution in [3.63, 3.8) is 0 Å². The average molecular weight is 597 g/mol. The molecule has 4 aromatic rings. The lowest BCUT2D eigenvalue weighted by Crippen LogP contribution is -2.49. The lowest BCUT2D eigenvalue weighted by atomic mass is 10.1. The highest BCUT2D eigenvalue weighted by Crippen LogP contribution is 2.33. The van der Waals surface area contributed by atoms with Crippen LogP contribution in [0.25, 0.3) is 11.0 Å². The summed E-state index contributed by atoms with van der Waals surface area (Å²) < 4.78 is 20.3. The first-order valence-electron chi connectivity index (χ1n) is 14.9. The van der Waals surface area contributed by atoms with Gasteiger partial charge in [-0.1, -0.05) is 36.4 Å². The van der Waals surface area contributed by atoms with Crippen molar-refractivity contribution in [2.75, 3.05) is 31.2 Å². The summed E-state index contributed by atoms with van der Waals surface area (Å²) in [5.74, 6) is 1.96. The second-order valence-electron chi connectivity index (χ2n) is 12.2. The van der Waals surface area contributed by atoms with Crippen molar-refractivity contribution in [2.45, 2.75) is 58.3 Å². The summed E-state index contributed by atoms with van der Waals surface area (Å²) in [7, 11) is 0. The van der Waals surface area contributed by atoms with Gasteiger partial charge in [0.05, 0.1) is 12.9 Å². The van der Waals surface area contributed by atoms with Gasteiger partial charge in [-0.2, -0.15) is 5.26 Å². The van der Waals surface area contributed by atoms with Crippen LogP contribution in [0.3, 0.4) is 0 Å². The van der Waals surface area contributed by atoms with Crippen LogP contribution in [0.15, 0.2) is 59.7 Å². The summed E-state index contributed by atoms with van der Waals surface area (Å²) in [6.07, 6.45) is 2.59. The molecule has 6 rings (SSSR count). The van der Waals surface area contributed by atoms with Gasteiger partial charge in [-0.3, -0.25) is 9.36 Å². The number of nitrogens with zero attached hydrogens (tertiary/aromatic N) is 5. The van der Waals surface area contributed by atoms with Crippen LogP contribution in [0.2, 0.25) is 0 Å². The molecule has 1 fully saturated rings. The van der Waals surface area contributed by atoms with Crippen molar-refractivity contribution in [1.82, 2.24) is 19.4 Å². The molecule has 0 aliphatic carbocycles. The molecule has 2 aliphatic heterocycles. The zero-order valence-electron chi connectivity index (χ0n) is 25.2. The second-order valence-corrected chi connectivity index (χ2v) is 12.2. The van der Waals surface area contributed by atoms with Crippen LogP contribution in [0.5, 0.6) is 11.5 Å². The fraction of sp³-hybridized carbons (Fsp3) is 0.394. The highest BCUT2D eigenvalue weighted by atomic mass is 16.6. The van der Waals surface area contributed by atoms with Crippen molar-refractivity contribution in [3.05, 3.63) is 81.9 Å². The number of nitrogens with one attached hydrogen (secondary N) is 1. The number of carbonyl (C=O) groups is 1. The third-order valence-electron chi connectivity index (χ3n) is 7.70. The molecule has 0 saturated carbocycles. The Bertz CT molecular complexity index is 1780. The molecule has 0 spiro atoms. The molecule has 0 unspecified atom stereocenters. The van der Waals surface area contributed by atoms with Gasteiger partial charge in [0, 0.05) is 25.7 Å². The number of amides is 1. The Kier molecular flexibility index (Phi) is 7.91. The molecule has 11 nitrogen and oxygen atoms in total. The molecule has 2 aromatic carbocycles. The summed E-state index contributed by atoms with van der Waals surface area (Å²) in [6, 6.07) is 17.6. The number of aromatic nitrogens is 3. The molecule has 1 atom stereocenters. The Hall–Kier alpha value is -4.98. The first kappa shape index (κ1) is 29.1. The van der Waals surface area contributed by atoms with E-state index in [0.29, 0.717) is 66.8 Å². The first-order chi connectivity index (χ1) is 21.2. The van der Waals surface area contributed by atoms with Gasteiger partial charge < -0.3 is 29.0 Å². The molecule has 1 amide bonds. The number of ether oxygens (including phenoxy) is 3. The van der Waals surface area contributed by atoms with Gasteiger partial charge in [0.15, 0.2) is 11.5 Å². The standard InChI is InChI=1S/C33H36N6O5/c1-33(2,3)44-32(41)36-24-10-7-13-37(20-24)30-25(17-34)28-29(39(30)19-22-8-5-4-6-9-22)31(40)38(21-35-28)18-23-11-12-26-27(16-23)43-15-14-42-26/h4-6,8-9,11-12,16,21,24H,7,10,13-15,18-20H2,1-3H3,(H,36,41)/t24-/m0/s1. The van der Waals surface area contributed by atoms with E-state index < -0.39 is 11.7 Å². The van der Waals surface area contributed by atoms with E-state index in [1.54, 1.807) is 4.57 Å². The number of nitriles is 1. The lowest BCUT2D eigenvalue weighted by Gasteiger charge is -2.35. The van der Waals surface area contributed by atoms with Crippen molar-refractivity contribution in [2.24, 2.45) is 0 Å². The minimum Gasteiger partial charge on any atom is -0.486 e. The predicted molar refractivity (Wildman–Crippen MR) is 165 cm³/mol. The van der Waals surface area contributed by atoms with Crippen LogP contribution >= 0.6 is 0 Å². The minimum absolute atomic E-state index is 0.187. The Morgan fingerprint density at radius 1 is 1.09 bits per heavy atom. The predicted octanol–water partition coefficient (Wildman–Crippen LogP) is 4.43. The zero-order valence-corrected chi connectivity index (χ0v) is 25.2. The number of piperidine rings is 1. The van der Waals surface area contributed by atoms with E-state index in [2.05, 4.69) is 21.3 Å². The molecular weight excluding hydrogens is 560 g/mol. The maximum atomic E-state index is 14.2. The monoisotopic (exact) mass is 596 g/mol. The number of hydrogen-bond donors (Lipinski definition) is 1. The lowest BCUT2D eigenvalue weighted by molar-refractivity contribution is 0.0500. The number of anilines is 1. The van der Waals surface area contributed by atoms with Gasteiger partial charge in [0.25, 0.3) is 5.56 Å². The fourth-order valence-electron chi connectivity index (χ4n) is 5.86. The van der Waals surface area contributed by atoms with Crippen LogP contribution in [0.4, 0.5) is 10.6 Å². The molecule has 2 aromatic heterocycles. The molecule has 44 heavy (non-hydrogen) atoms. The molecule has 1 N–H and O–H groups in total. The van der Waals surface area contributed by atoms with E-state index in [-0.39, 0.29) is 18.1 Å². The number of hydrogen-bond acceptors (Lipinski definition) is 8. The summed E-state index contributed by atoms with van der Waals surface area (Å²) in [5, 5.41) is 13.4. The molecule has 4 heterocycles. The maximum absolute atomic E-state index is 14.2. The van der Waals surface area contributed by atoms with E-state index in [4.69, 9.17) is 14.2 Å². The first-order valence-corrected chi connectivity index (χ1v) is 14.9. The fourth-order valence-corrected chi connectivity index (χ4v) is 5.86. The Labute approximate surface area is 255 Å². The van der Waals surface area contributed by atoms with Crippen molar-refractivity contribution >= 4 is 22.9 Å². The minimum atomic E-state index is -0.611. The topological polar surface area (TPSA) is 124 Å². The Morgan fingerprint density at radius 2 is 1.86 bits per heavy atom. The molecular formula is C33H36N6O5. The summed E-state index contributed by atoms with van der Waals surface area (Å²) in [5.41, 5.74) is 2.07. The maximum Gasteiger partial charge on any atom is 0.407 e. The molecule has 1 saturated heterocycles. The molecule has 228 valence electrons. The van der Waals surface area contributed by atoms with Crippen molar-refractivity contribution < 1.29 is 19.0 Å². The highest BCUT2D eigenvalue weighted by Gasteiger charge is 2.31. The number of fused-ring (bicyclic) bond motifs is 2. The third kappa shape index (κ3) is 6.06. The third-order valence-corrected chi connectivity index (χ3v) is 7.70. The van der Waals surface area contributed by atoms with Crippen LogP contribution in [0.1, 0.15) is 50.3 Å². The number of benzene rings is 2. The van der Waals surface area contributed by atoms with Crippen LogP contribution < -0.4 is 25.2 Å². The summed E-state index contributed by atoms with van der Waals surface area (Å²) >= 11 is 0. The van der Waals surface area contributed by atoms with E-state index in [9.17, 15) is 14.9 Å². The van der Waals surface area contributed by atoms with Gasteiger partial charge in [0.2, 0.25) is 0 Å². The second kappa shape index (κ2) is 12.0. The van der Waals surface area contributed by atoms with Gasteiger partial charge >= 0.3 is 6.09 Å². The Morgan fingerprint density at radius 3 is 2.61 bits per heavy atom. The number of carbonyl (C=O) groups excluding carboxylic acids is 1. The van der Waals surface area contributed by atoms with Crippen LogP contribution in [-0.4, -0.2) is 58.2 Å². The molecule has 0 bridgehead atoms. The summed E-state index contributed by atoms with van der Waals surface area (Å²) in [4.78, 5) is 33.5. The largest absolute Gasteiger partial charge is 0.486 e. The number of rotatable bonds is 6. The van der Waals surface area contributed by atoms with E-state index in [1.807, 2.05) is 73.9 Å². The van der Waals surface area contributed by atoms with Crippen LogP contribution in [-0.2, 0) is 17.8 Å². The van der Waals surface area contributed by atoms with Crippen molar-refractivity contribution in [1.29, 1.82) is 5.26 Å². The van der Waals surface area contributed by atoms with E-state index in [0.717, 1.165) is 24.0 Å². The van der Waals surface area contributed by atoms with Gasteiger partial charge in [-0.15, -0.1) is 0 Å². The quantitative estimate of drug-likeness (QED) is 0.347. The van der Waals surface area contributed by atoms with Gasteiger partial charge in [0.1, 0.15) is 47.3 Å². The zero-order chi connectivity index (χ0) is 30.8. The van der Waals surface area contributed by atoms with Crippen LogP contribution in [0, 0.1) is 11.3 Å². The molecule has 0 radical (unpaired) electrons. The van der Waals surface area contributed by atoms with Gasteiger partial charge in [-0.25, -0.2) is 9.78 Å². The van der Waals surface area contributed by atoms with Gasteiger partial charge in [-0.05, 0) is 56.9 Å². The van der Waals surface area contributed by atoms with E-state index >= 15 is 0 Å².